The normalized spacial score (nSPS) is 10.7. The highest BCUT2D eigenvalue weighted by atomic mass is 16.5. The summed E-state index contributed by atoms with van der Waals surface area (Å²) in [6.45, 7) is 4.10. The average Bonchev–Trinajstić information content (AvgIpc) is 2.87. The highest BCUT2D eigenvalue weighted by molar-refractivity contribution is 6.01. The van der Waals surface area contributed by atoms with Crippen molar-refractivity contribution in [2.45, 2.75) is 20.4 Å². The fourth-order valence-corrected chi connectivity index (χ4v) is 3.24. The van der Waals surface area contributed by atoms with Crippen molar-refractivity contribution < 1.29 is 19.1 Å². The number of hydrogen-bond donors (Lipinski definition) is 2. The van der Waals surface area contributed by atoms with Crippen LogP contribution in [0.5, 0.6) is 11.5 Å². The summed E-state index contributed by atoms with van der Waals surface area (Å²) in [5.74, 6) is -0.0357. The fraction of sp³-hybridized carbons (Fsp3) is 0.179. The molecule has 7 nitrogen and oxygen atoms in total. The summed E-state index contributed by atoms with van der Waals surface area (Å²) in [5.41, 5.74) is 4.40. The van der Waals surface area contributed by atoms with E-state index in [0.29, 0.717) is 29.3 Å². The predicted octanol–water partition coefficient (Wildman–Crippen LogP) is 4.55. The molecule has 2 N–H and O–H groups in total. The monoisotopic (exact) mass is 469 g/mol. The van der Waals surface area contributed by atoms with Gasteiger partial charge in [0, 0.05) is 12.2 Å². The molecule has 0 radical (unpaired) electrons. The van der Waals surface area contributed by atoms with Crippen molar-refractivity contribution in [1.82, 2.24) is 5.32 Å². The molecule has 0 bridgehead atoms. The van der Waals surface area contributed by atoms with Gasteiger partial charge in [0.2, 0.25) is 0 Å². The van der Waals surface area contributed by atoms with Crippen LogP contribution in [0.1, 0.15) is 22.3 Å². The van der Waals surface area contributed by atoms with E-state index in [4.69, 9.17) is 9.47 Å². The van der Waals surface area contributed by atoms with Crippen LogP contribution in [0.25, 0.3) is 6.08 Å². The largest absolute Gasteiger partial charge is 0.493 e. The molecule has 3 aromatic rings. The van der Waals surface area contributed by atoms with Crippen molar-refractivity contribution in [3.63, 3.8) is 0 Å². The van der Waals surface area contributed by atoms with E-state index in [9.17, 15) is 14.9 Å². The lowest BCUT2D eigenvalue weighted by Crippen LogP contribution is -2.23. The minimum absolute atomic E-state index is 0.0376. The Morgan fingerprint density at radius 1 is 0.971 bits per heavy atom. The molecule has 0 atom stereocenters. The number of rotatable bonds is 9. The third-order valence-corrected chi connectivity index (χ3v) is 5.31. The van der Waals surface area contributed by atoms with Crippen molar-refractivity contribution in [3.05, 3.63) is 94.6 Å². The molecule has 0 aliphatic rings. The van der Waals surface area contributed by atoms with Gasteiger partial charge >= 0.3 is 0 Å². The number of benzene rings is 3. The predicted molar refractivity (Wildman–Crippen MR) is 135 cm³/mol. The second kappa shape index (κ2) is 12.1. The summed E-state index contributed by atoms with van der Waals surface area (Å²) >= 11 is 0. The van der Waals surface area contributed by atoms with Gasteiger partial charge in [-0.2, -0.15) is 5.26 Å². The van der Waals surface area contributed by atoms with Crippen LogP contribution < -0.4 is 20.1 Å². The zero-order chi connectivity index (χ0) is 25.2. The van der Waals surface area contributed by atoms with E-state index < -0.39 is 5.91 Å². The molecule has 3 aromatic carbocycles. The van der Waals surface area contributed by atoms with Gasteiger partial charge < -0.3 is 20.1 Å². The molecule has 0 saturated carbocycles. The van der Waals surface area contributed by atoms with Gasteiger partial charge in [-0.05, 0) is 66.4 Å². The van der Waals surface area contributed by atoms with Crippen LogP contribution in [0.3, 0.4) is 0 Å². The minimum Gasteiger partial charge on any atom is -0.493 e. The van der Waals surface area contributed by atoms with Gasteiger partial charge in [-0.25, -0.2) is 0 Å². The number of hydrogen-bond acceptors (Lipinski definition) is 5. The lowest BCUT2D eigenvalue weighted by atomic mass is 10.1. The Bertz CT molecular complexity index is 1280. The maximum absolute atomic E-state index is 12.4. The summed E-state index contributed by atoms with van der Waals surface area (Å²) in [4.78, 5) is 24.7. The molecule has 0 fully saturated rings. The molecule has 0 spiro atoms. The smallest absolute Gasteiger partial charge is 0.262 e. The van der Waals surface area contributed by atoms with Gasteiger partial charge in [-0.15, -0.1) is 0 Å². The molecule has 2 amide bonds. The van der Waals surface area contributed by atoms with Gasteiger partial charge in [0.15, 0.2) is 18.1 Å². The molecule has 0 aliphatic heterocycles. The first kappa shape index (κ1) is 25.1. The summed E-state index contributed by atoms with van der Waals surface area (Å²) in [6, 6.07) is 22.0. The Morgan fingerprint density at radius 3 is 2.43 bits per heavy atom. The Balaban J connectivity index is 1.63. The number of nitrogens with one attached hydrogen (secondary N) is 2. The first-order valence-electron chi connectivity index (χ1n) is 11.0. The lowest BCUT2D eigenvalue weighted by molar-refractivity contribution is -0.118. The number of aryl methyl sites for hydroxylation is 2. The zero-order valence-electron chi connectivity index (χ0n) is 19.9. The summed E-state index contributed by atoms with van der Waals surface area (Å²) in [7, 11) is 1.47. The van der Waals surface area contributed by atoms with Crippen molar-refractivity contribution in [2.24, 2.45) is 0 Å². The lowest BCUT2D eigenvalue weighted by Gasteiger charge is -2.12. The summed E-state index contributed by atoms with van der Waals surface area (Å²) in [5, 5.41) is 15.0. The first-order chi connectivity index (χ1) is 16.9. The Morgan fingerprint density at radius 2 is 1.74 bits per heavy atom. The second-order valence-electron chi connectivity index (χ2n) is 7.88. The Hall–Kier alpha value is -4.57. The molecule has 0 heterocycles. The van der Waals surface area contributed by atoms with Crippen molar-refractivity contribution in [1.29, 1.82) is 5.26 Å². The van der Waals surface area contributed by atoms with Gasteiger partial charge in [0.25, 0.3) is 11.8 Å². The van der Waals surface area contributed by atoms with Crippen molar-refractivity contribution in [3.8, 4) is 17.6 Å². The van der Waals surface area contributed by atoms with Crippen molar-refractivity contribution in [2.75, 3.05) is 19.0 Å². The highest BCUT2D eigenvalue weighted by Gasteiger charge is 2.12. The number of carbonyl (C=O) groups is 2. The third kappa shape index (κ3) is 7.21. The molecule has 178 valence electrons. The average molecular weight is 470 g/mol. The van der Waals surface area contributed by atoms with Gasteiger partial charge in [0.1, 0.15) is 11.6 Å². The minimum atomic E-state index is -0.473. The number of methoxy groups -OCH3 is 1. The topological polar surface area (TPSA) is 100 Å². The molecular weight excluding hydrogens is 442 g/mol. The van der Waals surface area contributed by atoms with E-state index in [1.54, 1.807) is 18.2 Å². The number of ether oxygens (including phenoxy) is 2. The number of anilines is 1. The number of nitriles is 1. The molecule has 7 heteroatoms. The Labute approximate surface area is 205 Å². The highest BCUT2D eigenvalue weighted by Crippen LogP contribution is 2.29. The molecule has 3 rings (SSSR count). The van der Waals surface area contributed by atoms with E-state index in [1.807, 2.05) is 68.4 Å². The molecule has 0 saturated heterocycles. The van der Waals surface area contributed by atoms with Crippen LogP contribution in [0, 0.1) is 25.2 Å². The second-order valence-corrected chi connectivity index (χ2v) is 7.88. The van der Waals surface area contributed by atoms with Gasteiger partial charge in [0.05, 0.1) is 7.11 Å². The molecule has 35 heavy (non-hydrogen) atoms. The quantitative estimate of drug-likeness (QED) is 0.354. The Kier molecular flexibility index (Phi) is 8.63. The molecular formula is C28H27N3O4. The molecule has 0 aliphatic carbocycles. The van der Waals surface area contributed by atoms with E-state index in [1.165, 1.54) is 13.2 Å². The van der Waals surface area contributed by atoms with Crippen LogP contribution >= 0.6 is 0 Å². The third-order valence-electron chi connectivity index (χ3n) is 5.31. The maximum atomic E-state index is 12.4. The van der Waals surface area contributed by atoms with Crippen LogP contribution in [-0.4, -0.2) is 25.5 Å². The first-order valence-corrected chi connectivity index (χ1v) is 11.0. The molecule has 0 aromatic heterocycles. The zero-order valence-corrected chi connectivity index (χ0v) is 19.9. The molecule has 0 unspecified atom stereocenters. The van der Waals surface area contributed by atoms with E-state index in [2.05, 4.69) is 10.6 Å². The van der Waals surface area contributed by atoms with Crippen LogP contribution in [0.15, 0.2) is 72.3 Å². The standard InChI is InChI=1S/C28H27N3O4/c1-19-9-11-24(13-20(19)2)31-27(32)18-35-25-12-10-22(15-26(25)34-3)14-23(16-29)28(33)30-17-21-7-5-4-6-8-21/h4-15H,17-18H2,1-3H3,(H,30,33)(H,31,32)/b23-14+. The fourth-order valence-electron chi connectivity index (χ4n) is 3.24. The number of carbonyl (C=O) groups excluding carboxylic acids is 2. The van der Waals surface area contributed by atoms with Gasteiger partial charge in [-0.1, -0.05) is 42.5 Å². The number of nitrogens with zero attached hydrogens (tertiary/aromatic N) is 1. The van der Waals surface area contributed by atoms with Crippen molar-refractivity contribution >= 4 is 23.6 Å². The van der Waals surface area contributed by atoms with E-state index >= 15 is 0 Å². The van der Waals surface area contributed by atoms with Crippen LogP contribution in [0.2, 0.25) is 0 Å². The van der Waals surface area contributed by atoms with E-state index in [-0.39, 0.29) is 18.1 Å². The SMILES string of the molecule is COc1cc(/C=C(\C#N)C(=O)NCc2ccccc2)ccc1OCC(=O)Nc1ccc(C)c(C)c1. The summed E-state index contributed by atoms with van der Waals surface area (Å²) < 4.78 is 11.0. The maximum Gasteiger partial charge on any atom is 0.262 e. The summed E-state index contributed by atoms with van der Waals surface area (Å²) in [6.07, 6.45) is 1.47. The van der Waals surface area contributed by atoms with Crippen LogP contribution in [-0.2, 0) is 16.1 Å². The number of amides is 2. The van der Waals surface area contributed by atoms with Crippen LogP contribution in [0.4, 0.5) is 5.69 Å². The van der Waals surface area contributed by atoms with E-state index in [0.717, 1.165) is 16.7 Å². The van der Waals surface area contributed by atoms with Gasteiger partial charge in [-0.3, -0.25) is 9.59 Å².